The van der Waals surface area contributed by atoms with Gasteiger partial charge in [0, 0.05) is 13.0 Å². The highest BCUT2D eigenvalue weighted by atomic mass is 32.2. The van der Waals surface area contributed by atoms with E-state index >= 15 is 0 Å². The van der Waals surface area contributed by atoms with Crippen LogP contribution in [0.3, 0.4) is 0 Å². The highest BCUT2D eigenvalue weighted by Crippen LogP contribution is 2.20. The van der Waals surface area contributed by atoms with Gasteiger partial charge in [-0.3, -0.25) is 19.2 Å². The van der Waals surface area contributed by atoms with Gasteiger partial charge in [-0.15, -0.1) is 0 Å². The second-order valence-corrected chi connectivity index (χ2v) is 9.31. The molecule has 34 heavy (non-hydrogen) atoms. The number of carbonyl (C=O) groups excluding carboxylic acids is 4. The normalized spacial score (nSPS) is 18.1. The summed E-state index contributed by atoms with van der Waals surface area (Å²) in [6, 6.07) is -3.78. The van der Waals surface area contributed by atoms with Crippen molar-refractivity contribution >= 4 is 41.4 Å². The first-order valence-corrected chi connectivity index (χ1v) is 12.9. The van der Waals surface area contributed by atoms with E-state index in [1.165, 1.54) is 16.7 Å². The zero-order chi connectivity index (χ0) is 25.7. The second-order valence-electron chi connectivity index (χ2n) is 8.33. The molecule has 1 aliphatic rings. The van der Waals surface area contributed by atoms with Gasteiger partial charge in [0.2, 0.25) is 23.6 Å². The smallest absolute Gasteiger partial charge is 0.326 e. The Hall–Kier alpha value is -2.38. The van der Waals surface area contributed by atoms with Crippen molar-refractivity contribution in [3.05, 3.63) is 0 Å². The Morgan fingerprint density at radius 3 is 2.38 bits per heavy atom. The maximum Gasteiger partial charge on any atom is 0.326 e. The second kappa shape index (κ2) is 15.5. The molecule has 1 fully saturated rings. The number of rotatable bonds is 16. The molecule has 0 bridgehead atoms. The lowest BCUT2D eigenvalue weighted by molar-refractivity contribution is -0.143. The number of unbranched alkanes of at least 4 members (excludes halogenated alkanes) is 1. The highest BCUT2D eigenvalue weighted by molar-refractivity contribution is 7.98. The largest absolute Gasteiger partial charge is 0.480 e. The third-order valence-corrected chi connectivity index (χ3v) is 6.31. The number of nitrogens with zero attached hydrogens (tertiary/aromatic N) is 1. The molecule has 13 heteroatoms. The topological polar surface area (TPSA) is 211 Å². The summed E-state index contributed by atoms with van der Waals surface area (Å²) in [6.07, 6.45) is 4.76. The number of carboxylic acid groups (broad SMARTS) is 1. The van der Waals surface area contributed by atoms with Gasteiger partial charge in [0.15, 0.2) is 0 Å². The van der Waals surface area contributed by atoms with E-state index in [1.54, 1.807) is 0 Å². The lowest BCUT2D eigenvalue weighted by atomic mass is 10.1. The molecule has 9 N–H and O–H groups in total. The molecule has 4 unspecified atom stereocenters. The molecule has 194 valence electrons. The summed E-state index contributed by atoms with van der Waals surface area (Å²) in [4.78, 5) is 62.6. The Bertz CT molecular complexity index is 724. The number of amides is 4. The molecule has 0 radical (unpaired) electrons. The molecule has 0 aromatic carbocycles. The molecule has 4 atom stereocenters. The van der Waals surface area contributed by atoms with Crippen molar-refractivity contribution < 1.29 is 29.1 Å². The van der Waals surface area contributed by atoms with Gasteiger partial charge in [0.05, 0.1) is 6.04 Å². The van der Waals surface area contributed by atoms with Crippen LogP contribution in [0.2, 0.25) is 0 Å². The van der Waals surface area contributed by atoms with Crippen molar-refractivity contribution in [1.82, 2.24) is 15.5 Å². The van der Waals surface area contributed by atoms with E-state index in [2.05, 4.69) is 10.6 Å². The van der Waals surface area contributed by atoms with Crippen molar-refractivity contribution in [3.8, 4) is 0 Å². The predicted octanol–water partition coefficient (Wildman–Crippen LogP) is -1.49. The molecular formula is C21H38N6O6S. The van der Waals surface area contributed by atoms with Crippen LogP contribution >= 0.6 is 11.8 Å². The van der Waals surface area contributed by atoms with Crippen LogP contribution in [-0.4, -0.2) is 88.9 Å². The standard InChI is InChI=1S/C21H38N6O6S/c1-34-12-9-14(18(29)26-15(21(32)33)7-8-17(24)28)25-19(30)16-6-4-11-27(16)20(31)13(23)5-2-3-10-22/h13-16H,2-12,22-23H2,1H3,(H2,24,28)(H,25,30)(H,26,29)(H,32,33). The molecule has 1 aliphatic heterocycles. The third kappa shape index (κ3) is 9.85. The van der Waals surface area contributed by atoms with E-state index in [-0.39, 0.29) is 25.2 Å². The number of aliphatic carboxylic acids is 1. The monoisotopic (exact) mass is 502 g/mol. The quantitative estimate of drug-likeness (QED) is 0.135. The summed E-state index contributed by atoms with van der Waals surface area (Å²) >= 11 is 1.47. The minimum Gasteiger partial charge on any atom is -0.480 e. The molecule has 4 amide bonds. The van der Waals surface area contributed by atoms with Crippen LogP contribution in [0.4, 0.5) is 0 Å². The number of carboxylic acids is 1. The molecule has 0 saturated carbocycles. The highest BCUT2D eigenvalue weighted by Gasteiger charge is 2.37. The fourth-order valence-corrected chi connectivity index (χ4v) is 4.21. The number of primary amides is 1. The lowest BCUT2D eigenvalue weighted by Gasteiger charge is -2.28. The van der Waals surface area contributed by atoms with Crippen LogP contribution in [-0.2, 0) is 24.0 Å². The van der Waals surface area contributed by atoms with Crippen LogP contribution in [0.25, 0.3) is 0 Å². The van der Waals surface area contributed by atoms with Crippen molar-refractivity contribution in [2.45, 2.75) is 75.5 Å². The Morgan fingerprint density at radius 1 is 1.09 bits per heavy atom. The molecule has 0 spiro atoms. The molecule has 1 heterocycles. The van der Waals surface area contributed by atoms with Crippen LogP contribution in [0.15, 0.2) is 0 Å². The minimum atomic E-state index is -1.32. The average Bonchev–Trinajstić information content (AvgIpc) is 3.28. The van der Waals surface area contributed by atoms with Crippen LogP contribution in [0.1, 0.15) is 51.4 Å². The van der Waals surface area contributed by atoms with E-state index < -0.39 is 47.9 Å². The fourth-order valence-electron chi connectivity index (χ4n) is 3.74. The zero-order valence-electron chi connectivity index (χ0n) is 19.7. The van der Waals surface area contributed by atoms with Crippen LogP contribution in [0, 0.1) is 0 Å². The number of nitrogens with one attached hydrogen (secondary N) is 2. The number of nitrogens with two attached hydrogens (primary N) is 3. The van der Waals surface area contributed by atoms with Crippen molar-refractivity contribution in [2.75, 3.05) is 25.1 Å². The number of likely N-dealkylation sites (tertiary alicyclic amines) is 1. The van der Waals surface area contributed by atoms with Gasteiger partial charge in [0.25, 0.3) is 0 Å². The molecule has 1 rings (SSSR count). The van der Waals surface area contributed by atoms with Crippen molar-refractivity contribution in [3.63, 3.8) is 0 Å². The summed E-state index contributed by atoms with van der Waals surface area (Å²) in [5.41, 5.74) is 16.6. The van der Waals surface area contributed by atoms with Gasteiger partial charge in [-0.05, 0) is 57.1 Å². The number of hydrogen-bond acceptors (Lipinski definition) is 8. The van der Waals surface area contributed by atoms with Crippen molar-refractivity contribution in [1.29, 1.82) is 0 Å². The Morgan fingerprint density at radius 2 is 1.79 bits per heavy atom. The first-order valence-electron chi connectivity index (χ1n) is 11.5. The number of hydrogen-bond donors (Lipinski definition) is 6. The van der Waals surface area contributed by atoms with Gasteiger partial charge in [-0.1, -0.05) is 6.42 Å². The van der Waals surface area contributed by atoms with Gasteiger partial charge in [-0.25, -0.2) is 4.79 Å². The Labute approximate surface area is 204 Å². The van der Waals surface area contributed by atoms with Gasteiger partial charge < -0.3 is 37.8 Å². The zero-order valence-corrected chi connectivity index (χ0v) is 20.5. The van der Waals surface area contributed by atoms with Gasteiger partial charge in [-0.2, -0.15) is 11.8 Å². The first kappa shape index (κ1) is 29.7. The maximum absolute atomic E-state index is 13.0. The van der Waals surface area contributed by atoms with E-state index in [0.29, 0.717) is 44.5 Å². The van der Waals surface area contributed by atoms with E-state index in [1.807, 2.05) is 6.26 Å². The van der Waals surface area contributed by atoms with Crippen LogP contribution < -0.4 is 27.8 Å². The van der Waals surface area contributed by atoms with Gasteiger partial charge in [0.1, 0.15) is 18.1 Å². The summed E-state index contributed by atoms with van der Waals surface area (Å²) in [5, 5.41) is 14.4. The molecule has 0 aromatic heterocycles. The maximum atomic E-state index is 13.0. The number of carbonyl (C=O) groups is 5. The van der Waals surface area contributed by atoms with Gasteiger partial charge >= 0.3 is 5.97 Å². The SMILES string of the molecule is CSCCC(NC(=O)C1CCCN1C(=O)C(N)CCCCN)C(=O)NC(CCC(N)=O)C(=O)O. The molecule has 0 aromatic rings. The molecule has 1 saturated heterocycles. The molecule has 12 nitrogen and oxygen atoms in total. The van der Waals surface area contributed by atoms with Crippen molar-refractivity contribution in [2.24, 2.45) is 17.2 Å². The summed E-state index contributed by atoms with van der Waals surface area (Å²) in [7, 11) is 0. The third-order valence-electron chi connectivity index (χ3n) is 5.66. The van der Waals surface area contributed by atoms with E-state index in [0.717, 1.165) is 6.42 Å². The Balaban J connectivity index is 2.84. The minimum absolute atomic E-state index is 0.160. The average molecular weight is 503 g/mol. The van der Waals surface area contributed by atoms with E-state index in [9.17, 15) is 29.1 Å². The summed E-state index contributed by atoms with van der Waals surface area (Å²) in [6.45, 7) is 0.914. The molecular weight excluding hydrogens is 464 g/mol. The predicted molar refractivity (Wildman–Crippen MR) is 129 cm³/mol. The Kier molecular flexibility index (Phi) is 13.5. The lowest BCUT2D eigenvalue weighted by Crippen LogP contribution is -2.56. The first-order chi connectivity index (χ1) is 16.1. The summed E-state index contributed by atoms with van der Waals surface area (Å²) < 4.78 is 0. The van der Waals surface area contributed by atoms with E-state index in [4.69, 9.17) is 17.2 Å². The molecule has 0 aliphatic carbocycles. The fraction of sp³-hybridized carbons (Fsp3) is 0.762. The van der Waals surface area contributed by atoms with Crippen LogP contribution in [0.5, 0.6) is 0 Å². The number of thioether (sulfide) groups is 1. The summed E-state index contributed by atoms with van der Waals surface area (Å²) in [5.74, 6) is -2.91.